The number of benzene rings is 1. The van der Waals surface area contributed by atoms with Gasteiger partial charge in [0.05, 0.1) is 12.0 Å². The summed E-state index contributed by atoms with van der Waals surface area (Å²) in [6.45, 7) is 3.73. The van der Waals surface area contributed by atoms with Crippen molar-refractivity contribution in [1.82, 2.24) is 44.2 Å². The maximum Gasteiger partial charge on any atom is 0.259 e. The van der Waals surface area contributed by atoms with Crippen molar-refractivity contribution < 1.29 is 17.9 Å². The van der Waals surface area contributed by atoms with Gasteiger partial charge in [0.25, 0.3) is 5.78 Å². The summed E-state index contributed by atoms with van der Waals surface area (Å²) in [5.41, 5.74) is 6.34. The number of rotatable bonds is 9. The highest BCUT2D eigenvalue weighted by atomic mass is 19.1. The maximum absolute atomic E-state index is 14.7. The monoisotopic (exact) mass is 552 g/mol. The number of nitrogens with two attached hydrogens (primary N) is 1. The van der Waals surface area contributed by atoms with Gasteiger partial charge >= 0.3 is 0 Å². The fourth-order valence-electron chi connectivity index (χ4n) is 4.40. The second-order valence-corrected chi connectivity index (χ2v) is 9.14. The number of halogens is 2. The third kappa shape index (κ3) is 5.33. The summed E-state index contributed by atoms with van der Waals surface area (Å²) < 4.78 is 42.8. The number of nitrogen functional groups attached to an aromatic ring is 1. The molecule has 40 heavy (non-hydrogen) atoms. The molecule has 0 radical (unpaired) electrons. The number of anilines is 3. The molecule has 1 aromatic carbocycles. The van der Waals surface area contributed by atoms with Crippen LogP contribution in [0.25, 0.3) is 17.4 Å². The summed E-state index contributed by atoms with van der Waals surface area (Å²) in [5.74, 6) is 0.606. The lowest BCUT2D eigenvalue weighted by Crippen LogP contribution is -2.48. The number of nitrogens with zero attached hydrogens (tertiary/aromatic N) is 10. The van der Waals surface area contributed by atoms with Gasteiger partial charge in [-0.05, 0) is 12.1 Å². The lowest BCUT2D eigenvalue weighted by molar-refractivity contribution is 0.265. The largest absolute Gasteiger partial charge is 0.482 e. The molecule has 6 rings (SSSR count). The fraction of sp³-hybridized carbons (Fsp3) is 0.333. The molecule has 1 aliphatic heterocycles. The van der Waals surface area contributed by atoms with E-state index in [0.29, 0.717) is 74.1 Å². The summed E-state index contributed by atoms with van der Waals surface area (Å²) in [4.78, 5) is 21.2. The molecule has 0 saturated carbocycles. The molecule has 4 aromatic heterocycles. The van der Waals surface area contributed by atoms with Crippen molar-refractivity contribution in [2.45, 2.75) is 6.61 Å². The Labute approximate surface area is 226 Å². The van der Waals surface area contributed by atoms with Gasteiger partial charge in [0, 0.05) is 58.4 Å². The normalized spacial score (nSPS) is 14.2. The zero-order valence-corrected chi connectivity index (χ0v) is 21.5. The van der Waals surface area contributed by atoms with Crippen LogP contribution in [0.4, 0.5) is 26.4 Å². The Morgan fingerprint density at radius 1 is 1.07 bits per heavy atom. The summed E-state index contributed by atoms with van der Waals surface area (Å²) in [7, 11) is 1.73. The number of hydrogen-bond acceptors (Lipinski definition) is 12. The molecule has 0 amide bonds. The Morgan fingerprint density at radius 3 is 2.67 bits per heavy atom. The van der Waals surface area contributed by atoms with E-state index in [4.69, 9.17) is 14.9 Å². The van der Waals surface area contributed by atoms with Crippen molar-refractivity contribution in [2.75, 3.05) is 55.2 Å². The van der Waals surface area contributed by atoms with Crippen molar-refractivity contribution in [3.63, 3.8) is 0 Å². The summed E-state index contributed by atoms with van der Waals surface area (Å²) in [6.07, 6.45) is 3.06. The highest BCUT2D eigenvalue weighted by molar-refractivity contribution is 5.54. The number of piperazine rings is 1. The molecular weight excluding hydrogens is 526 g/mol. The molecule has 14 nitrogen and oxygen atoms in total. The molecule has 3 N–H and O–H groups in total. The molecule has 0 bridgehead atoms. The van der Waals surface area contributed by atoms with Gasteiger partial charge in [0.2, 0.25) is 17.7 Å². The topological polar surface area (TPSA) is 154 Å². The zero-order chi connectivity index (χ0) is 27.6. The van der Waals surface area contributed by atoms with Crippen LogP contribution in [0.5, 0.6) is 5.75 Å². The third-order valence-electron chi connectivity index (χ3n) is 6.40. The fourth-order valence-corrected chi connectivity index (χ4v) is 4.40. The average molecular weight is 553 g/mol. The number of aromatic nitrogens is 8. The lowest BCUT2D eigenvalue weighted by atomic mass is 10.2. The minimum atomic E-state index is -0.772. The Kier molecular flexibility index (Phi) is 6.81. The number of fused-ring (bicyclic) bond motifs is 1. The Morgan fingerprint density at radius 2 is 1.93 bits per heavy atom. The quantitative estimate of drug-likeness (QED) is 0.273. The van der Waals surface area contributed by atoms with Gasteiger partial charge in [-0.1, -0.05) is 0 Å². The molecule has 0 aliphatic carbocycles. The van der Waals surface area contributed by atoms with Crippen molar-refractivity contribution in [1.29, 1.82) is 0 Å². The van der Waals surface area contributed by atoms with Crippen molar-refractivity contribution in [2.24, 2.45) is 7.05 Å². The summed E-state index contributed by atoms with van der Waals surface area (Å²) in [6, 6.07) is 5.73. The second kappa shape index (κ2) is 10.7. The predicted octanol–water partition coefficient (Wildman–Crippen LogP) is 1.58. The van der Waals surface area contributed by atoms with Crippen LogP contribution in [0.1, 0.15) is 5.82 Å². The average Bonchev–Trinajstić information content (AvgIpc) is 3.70. The molecule has 0 spiro atoms. The first-order valence-corrected chi connectivity index (χ1v) is 12.5. The Balaban J connectivity index is 1.02. The van der Waals surface area contributed by atoms with Crippen LogP contribution in [-0.2, 0) is 13.7 Å². The van der Waals surface area contributed by atoms with E-state index < -0.39 is 11.6 Å². The van der Waals surface area contributed by atoms with Crippen molar-refractivity contribution in [3.8, 4) is 17.3 Å². The smallest absolute Gasteiger partial charge is 0.259 e. The van der Waals surface area contributed by atoms with Crippen LogP contribution in [0.3, 0.4) is 0 Å². The second-order valence-electron chi connectivity index (χ2n) is 9.14. The zero-order valence-electron chi connectivity index (χ0n) is 21.5. The number of nitrogens with one attached hydrogen (secondary N) is 1. The van der Waals surface area contributed by atoms with Gasteiger partial charge in [-0.3, -0.25) is 9.58 Å². The first kappa shape index (κ1) is 25.4. The van der Waals surface area contributed by atoms with Gasteiger partial charge in [-0.25, -0.2) is 13.8 Å². The number of aryl methyl sites for hydroxylation is 1. The third-order valence-corrected chi connectivity index (χ3v) is 6.40. The van der Waals surface area contributed by atoms with Crippen LogP contribution >= 0.6 is 0 Å². The van der Waals surface area contributed by atoms with Gasteiger partial charge in [-0.15, -0.1) is 5.10 Å². The molecule has 16 heteroatoms. The van der Waals surface area contributed by atoms with E-state index in [1.54, 1.807) is 19.2 Å². The number of furan rings is 1. The minimum absolute atomic E-state index is 0.0197. The minimum Gasteiger partial charge on any atom is -0.482 e. The van der Waals surface area contributed by atoms with E-state index in [-0.39, 0.29) is 18.3 Å². The van der Waals surface area contributed by atoms with E-state index in [1.807, 2.05) is 4.90 Å². The molecule has 0 unspecified atom stereocenters. The molecule has 5 aromatic rings. The number of ether oxygens (including phenoxy) is 1. The predicted molar refractivity (Wildman–Crippen MR) is 140 cm³/mol. The molecule has 208 valence electrons. The summed E-state index contributed by atoms with van der Waals surface area (Å²) in [5, 5.41) is 11.6. The highest BCUT2D eigenvalue weighted by Crippen LogP contribution is 2.29. The standard InChI is InChI=1S/C24H26F2N12O2/c1-35-14-29-20(33-35)13-40-19-12-17(15(25)11-16(19)26)37-8-6-36(7-9-37)5-4-28-23-31-22(27)38-24(32-23)30-21(34-38)18-3-2-10-39-18/h2-3,10-12,14H,4-9,13H2,1H3,(H3,27,28,30,31,32,34). The highest BCUT2D eigenvalue weighted by Gasteiger charge is 2.22. The maximum atomic E-state index is 14.7. The van der Waals surface area contributed by atoms with E-state index in [1.165, 1.54) is 27.9 Å². The first-order valence-electron chi connectivity index (χ1n) is 12.5. The van der Waals surface area contributed by atoms with E-state index in [2.05, 4.69) is 40.3 Å². The van der Waals surface area contributed by atoms with Crippen LogP contribution in [0.2, 0.25) is 0 Å². The molecular formula is C24H26F2N12O2. The Bertz CT molecular complexity index is 1610. The van der Waals surface area contributed by atoms with Gasteiger partial charge in [0.15, 0.2) is 23.2 Å². The van der Waals surface area contributed by atoms with Crippen LogP contribution in [0, 0.1) is 11.6 Å². The molecule has 5 heterocycles. The van der Waals surface area contributed by atoms with Crippen molar-refractivity contribution in [3.05, 3.63) is 54.3 Å². The number of hydrogen-bond donors (Lipinski definition) is 2. The molecule has 1 fully saturated rings. The van der Waals surface area contributed by atoms with E-state index in [9.17, 15) is 8.78 Å². The van der Waals surface area contributed by atoms with Gasteiger partial charge < -0.3 is 25.1 Å². The SMILES string of the molecule is Cn1cnc(COc2cc(N3CCN(CCNc4nc(N)n5nc(-c6ccco6)nc5n4)CC3)c(F)cc2F)n1. The van der Waals surface area contributed by atoms with Crippen LogP contribution < -0.4 is 20.7 Å². The molecule has 0 atom stereocenters. The van der Waals surface area contributed by atoms with Crippen LogP contribution in [0.15, 0.2) is 41.3 Å². The molecule has 1 saturated heterocycles. The van der Waals surface area contributed by atoms with Gasteiger partial charge in [-0.2, -0.15) is 24.6 Å². The molecule has 1 aliphatic rings. The Hall–Kier alpha value is -4.86. The van der Waals surface area contributed by atoms with Gasteiger partial charge in [0.1, 0.15) is 18.8 Å². The first-order chi connectivity index (χ1) is 19.4. The van der Waals surface area contributed by atoms with E-state index >= 15 is 0 Å². The summed E-state index contributed by atoms with van der Waals surface area (Å²) >= 11 is 0. The van der Waals surface area contributed by atoms with E-state index in [0.717, 1.165) is 6.07 Å². The van der Waals surface area contributed by atoms with Crippen molar-refractivity contribution >= 4 is 23.4 Å². The van der Waals surface area contributed by atoms with Crippen LogP contribution in [-0.4, -0.2) is 83.5 Å². The lowest BCUT2D eigenvalue weighted by Gasteiger charge is -2.36.